The minimum atomic E-state index is -0.606. The lowest BCUT2D eigenvalue weighted by Crippen LogP contribution is -2.38. The number of carbonyl (C=O) groups is 2. The van der Waals surface area contributed by atoms with Gasteiger partial charge in [-0.2, -0.15) is 0 Å². The monoisotopic (exact) mass is 445 g/mol. The predicted molar refractivity (Wildman–Crippen MR) is 103 cm³/mol. The third kappa shape index (κ3) is 6.14. The standard InChI is InChI=1S/C18H24INO4/c1-12-10-13(2)16(14(19)11-12)20(9-7-8-15(21)23-6)17(22)24-18(3,4)5/h7-8,10-11H,9H2,1-6H3/b8-7+. The Hall–Kier alpha value is -1.57. The molecule has 1 aromatic rings. The van der Waals surface area contributed by atoms with Crippen LogP contribution in [0, 0.1) is 17.4 Å². The van der Waals surface area contributed by atoms with E-state index in [1.54, 1.807) is 6.08 Å². The van der Waals surface area contributed by atoms with E-state index in [1.165, 1.54) is 18.1 Å². The van der Waals surface area contributed by atoms with Gasteiger partial charge in [-0.1, -0.05) is 12.1 Å². The molecule has 0 radical (unpaired) electrons. The Labute approximate surface area is 157 Å². The van der Waals surface area contributed by atoms with Crippen molar-refractivity contribution in [2.75, 3.05) is 18.6 Å². The van der Waals surface area contributed by atoms with Gasteiger partial charge in [0.15, 0.2) is 0 Å². The van der Waals surface area contributed by atoms with Crippen LogP contribution in [0.2, 0.25) is 0 Å². The number of carbonyl (C=O) groups excluding carboxylic acids is 2. The lowest BCUT2D eigenvalue weighted by atomic mass is 10.1. The zero-order valence-corrected chi connectivity index (χ0v) is 17.1. The molecule has 1 aromatic carbocycles. The third-order valence-electron chi connectivity index (χ3n) is 3.03. The topological polar surface area (TPSA) is 55.8 Å². The molecule has 0 unspecified atom stereocenters. The number of benzene rings is 1. The predicted octanol–water partition coefficient (Wildman–Crippen LogP) is 4.38. The van der Waals surface area contributed by atoms with Gasteiger partial charge >= 0.3 is 12.1 Å². The minimum Gasteiger partial charge on any atom is -0.466 e. The Bertz CT molecular complexity index is 624. The number of hydrogen-bond acceptors (Lipinski definition) is 4. The zero-order chi connectivity index (χ0) is 18.5. The van der Waals surface area contributed by atoms with Crippen LogP contribution in [0.4, 0.5) is 10.5 Å². The van der Waals surface area contributed by atoms with Crippen molar-refractivity contribution in [1.82, 2.24) is 0 Å². The van der Waals surface area contributed by atoms with E-state index in [-0.39, 0.29) is 6.54 Å². The van der Waals surface area contributed by atoms with Crippen molar-refractivity contribution in [3.05, 3.63) is 39.0 Å². The average Bonchev–Trinajstić information content (AvgIpc) is 2.42. The number of ether oxygens (including phenoxy) is 2. The maximum absolute atomic E-state index is 12.6. The SMILES string of the molecule is COC(=O)/C=C/CN(C(=O)OC(C)(C)C)c1c(C)cc(C)cc1I. The number of rotatable bonds is 4. The van der Waals surface area contributed by atoms with Crippen LogP contribution < -0.4 is 4.90 Å². The van der Waals surface area contributed by atoms with Crippen molar-refractivity contribution < 1.29 is 19.1 Å². The summed E-state index contributed by atoms with van der Waals surface area (Å²) in [5, 5.41) is 0. The first kappa shape index (κ1) is 20.5. The summed E-state index contributed by atoms with van der Waals surface area (Å²) < 4.78 is 11.0. The number of anilines is 1. The lowest BCUT2D eigenvalue weighted by Gasteiger charge is -2.28. The van der Waals surface area contributed by atoms with Crippen molar-refractivity contribution in [1.29, 1.82) is 0 Å². The summed E-state index contributed by atoms with van der Waals surface area (Å²) in [6, 6.07) is 4.02. The largest absolute Gasteiger partial charge is 0.466 e. The summed E-state index contributed by atoms with van der Waals surface area (Å²) in [5.41, 5.74) is 2.27. The first-order chi connectivity index (χ1) is 11.0. The summed E-state index contributed by atoms with van der Waals surface area (Å²) in [6.07, 6.45) is 2.43. The Morgan fingerprint density at radius 2 is 1.88 bits per heavy atom. The van der Waals surface area contributed by atoms with Gasteiger partial charge in [0, 0.05) is 16.2 Å². The molecule has 0 aliphatic carbocycles. The molecule has 0 saturated carbocycles. The summed E-state index contributed by atoms with van der Waals surface area (Å²) in [7, 11) is 1.31. The molecule has 0 aliphatic rings. The van der Waals surface area contributed by atoms with Gasteiger partial charge in [0.2, 0.25) is 0 Å². The van der Waals surface area contributed by atoms with E-state index in [2.05, 4.69) is 27.3 Å². The fourth-order valence-corrected chi connectivity index (χ4v) is 3.35. The van der Waals surface area contributed by atoms with Gasteiger partial charge in [0.05, 0.1) is 12.8 Å². The van der Waals surface area contributed by atoms with Crippen LogP contribution in [-0.4, -0.2) is 31.3 Å². The maximum atomic E-state index is 12.6. The van der Waals surface area contributed by atoms with Crippen LogP contribution in [-0.2, 0) is 14.3 Å². The van der Waals surface area contributed by atoms with Gasteiger partial charge in [0.1, 0.15) is 5.60 Å². The molecule has 132 valence electrons. The quantitative estimate of drug-likeness (QED) is 0.392. The van der Waals surface area contributed by atoms with E-state index in [1.807, 2.05) is 46.8 Å². The van der Waals surface area contributed by atoms with Gasteiger partial charge in [-0.3, -0.25) is 4.90 Å². The van der Waals surface area contributed by atoms with Crippen LogP contribution in [0.15, 0.2) is 24.3 Å². The molecular weight excluding hydrogens is 421 g/mol. The normalized spacial score (nSPS) is 11.5. The van der Waals surface area contributed by atoms with E-state index >= 15 is 0 Å². The summed E-state index contributed by atoms with van der Waals surface area (Å²) in [6.45, 7) is 9.63. The number of amides is 1. The van der Waals surface area contributed by atoms with Crippen molar-refractivity contribution >= 4 is 40.3 Å². The van der Waals surface area contributed by atoms with E-state index in [4.69, 9.17) is 4.74 Å². The lowest BCUT2D eigenvalue weighted by molar-refractivity contribution is -0.134. The van der Waals surface area contributed by atoms with E-state index in [0.29, 0.717) is 0 Å². The molecule has 0 spiro atoms. The molecule has 5 nitrogen and oxygen atoms in total. The molecule has 1 rings (SSSR count). The summed E-state index contributed by atoms with van der Waals surface area (Å²) in [4.78, 5) is 25.4. The van der Waals surface area contributed by atoms with Gasteiger partial charge in [0.25, 0.3) is 0 Å². The first-order valence-electron chi connectivity index (χ1n) is 7.57. The number of nitrogens with zero attached hydrogens (tertiary/aromatic N) is 1. The molecule has 0 fully saturated rings. The zero-order valence-electron chi connectivity index (χ0n) is 15.0. The van der Waals surface area contributed by atoms with Gasteiger partial charge < -0.3 is 9.47 Å². The molecule has 1 amide bonds. The van der Waals surface area contributed by atoms with E-state index in [9.17, 15) is 9.59 Å². The average molecular weight is 445 g/mol. The second-order valence-electron chi connectivity index (χ2n) is 6.43. The van der Waals surface area contributed by atoms with Crippen molar-refractivity contribution in [2.24, 2.45) is 0 Å². The first-order valence-corrected chi connectivity index (χ1v) is 8.64. The second kappa shape index (κ2) is 8.50. The fraction of sp³-hybridized carbons (Fsp3) is 0.444. The summed E-state index contributed by atoms with van der Waals surface area (Å²) in [5.74, 6) is -0.463. The fourth-order valence-electron chi connectivity index (χ4n) is 2.15. The number of aryl methyl sites for hydroxylation is 2. The second-order valence-corrected chi connectivity index (χ2v) is 7.59. The summed E-state index contributed by atoms with van der Waals surface area (Å²) >= 11 is 2.20. The number of hydrogen-bond donors (Lipinski definition) is 0. The minimum absolute atomic E-state index is 0.212. The number of halogens is 1. The number of esters is 1. The number of methoxy groups -OCH3 is 1. The van der Waals surface area contributed by atoms with Crippen LogP contribution >= 0.6 is 22.6 Å². The molecule has 0 N–H and O–H groups in total. The van der Waals surface area contributed by atoms with Crippen LogP contribution in [0.25, 0.3) is 0 Å². The Morgan fingerprint density at radius 1 is 1.25 bits per heavy atom. The molecule has 0 saturated heterocycles. The molecule has 0 aromatic heterocycles. The highest BCUT2D eigenvalue weighted by Gasteiger charge is 2.25. The van der Waals surface area contributed by atoms with Crippen molar-refractivity contribution in [2.45, 2.75) is 40.2 Å². The molecule has 0 bridgehead atoms. The van der Waals surface area contributed by atoms with Gasteiger partial charge in [-0.25, -0.2) is 9.59 Å². The Morgan fingerprint density at radius 3 is 2.38 bits per heavy atom. The van der Waals surface area contributed by atoms with Gasteiger partial charge in [-0.05, 0) is 74.4 Å². The van der Waals surface area contributed by atoms with Crippen LogP contribution in [0.1, 0.15) is 31.9 Å². The maximum Gasteiger partial charge on any atom is 0.415 e. The third-order valence-corrected chi connectivity index (χ3v) is 3.85. The molecule has 0 heterocycles. The Balaban J connectivity index is 3.21. The van der Waals surface area contributed by atoms with E-state index < -0.39 is 17.7 Å². The van der Waals surface area contributed by atoms with Crippen LogP contribution in [0.3, 0.4) is 0 Å². The molecule has 6 heteroatoms. The highest BCUT2D eigenvalue weighted by atomic mass is 127. The van der Waals surface area contributed by atoms with Crippen LogP contribution in [0.5, 0.6) is 0 Å². The Kier molecular flexibility index (Phi) is 7.26. The highest BCUT2D eigenvalue weighted by Crippen LogP contribution is 2.29. The molecular formula is C18H24INO4. The molecule has 0 aliphatic heterocycles. The van der Waals surface area contributed by atoms with E-state index in [0.717, 1.165) is 20.4 Å². The highest BCUT2D eigenvalue weighted by molar-refractivity contribution is 14.1. The molecule has 24 heavy (non-hydrogen) atoms. The smallest absolute Gasteiger partial charge is 0.415 e. The van der Waals surface area contributed by atoms with Gasteiger partial charge in [-0.15, -0.1) is 0 Å². The molecule has 0 atom stereocenters. The van der Waals surface area contributed by atoms with Crippen molar-refractivity contribution in [3.63, 3.8) is 0 Å². The van der Waals surface area contributed by atoms with Crippen molar-refractivity contribution in [3.8, 4) is 0 Å².